The van der Waals surface area contributed by atoms with Crippen molar-refractivity contribution in [1.82, 2.24) is 20.0 Å². The van der Waals surface area contributed by atoms with Gasteiger partial charge in [0, 0.05) is 45.6 Å². The number of amides is 2. The predicted molar refractivity (Wildman–Crippen MR) is 130 cm³/mol. The number of benzene rings is 1. The van der Waals surface area contributed by atoms with E-state index in [1.165, 1.54) is 5.56 Å². The highest BCUT2D eigenvalue weighted by Crippen LogP contribution is 2.33. The predicted octanol–water partition coefficient (Wildman–Crippen LogP) is 2.57. The number of carbonyl (C=O) groups excluding carboxylic acids is 2. The number of hydrogen-bond donors (Lipinski definition) is 1. The van der Waals surface area contributed by atoms with Crippen LogP contribution in [0.3, 0.4) is 0 Å². The average molecular weight is 487 g/mol. The van der Waals surface area contributed by atoms with Gasteiger partial charge in [-0.1, -0.05) is 30.3 Å². The van der Waals surface area contributed by atoms with Gasteiger partial charge in [0.15, 0.2) is 0 Å². The topological polar surface area (TPSA) is 65.1 Å². The summed E-state index contributed by atoms with van der Waals surface area (Å²) in [4.78, 5) is 31.1. The quantitative estimate of drug-likeness (QED) is 0.641. The molecule has 1 aromatic carbocycles. The minimum absolute atomic E-state index is 0. The van der Waals surface area contributed by atoms with Crippen molar-refractivity contribution in [3.8, 4) is 0 Å². The van der Waals surface area contributed by atoms with E-state index in [0.29, 0.717) is 26.2 Å². The minimum Gasteiger partial charge on any atom is -0.441 e. The molecule has 3 aliphatic rings. The summed E-state index contributed by atoms with van der Waals surface area (Å²) < 4.78 is 5.83. The summed E-state index contributed by atoms with van der Waals surface area (Å²) >= 11 is 0. The smallest absolute Gasteiger partial charge is 0.410 e. The maximum absolute atomic E-state index is 12.6. The highest BCUT2D eigenvalue weighted by molar-refractivity contribution is 5.85. The Balaban J connectivity index is 0.00000181. The first-order valence-electron chi connectivity index (χ1n) is 11.3. The third kappa shape index (κ3) is 6.50. The lowest BCUT2D eigenvalue weighted by Crippen LogP contribution is -2.52. The largest absolute Gasteiger partial charge is 0.441 e. The molecule has 3 aliphatic heterocycles. The molecule has 0 saturated carbocycles. The molecule has 1 aromatic rings. The lowest BCUT2D eigenvalue weighted by molar-refractivity contribution is -0.136. The highest BCUT2D eigenvalue weighted by atomic mass is 35.5. The van der Waals surface area contributed by atoms with Gasteiger partial charge in [0.05, 0.1) is 12.6 Å². The molecule has 0 unspecified atom stereocenters. The van der Waals surface area contributed by atoms with Crippen LogP contribution in [0.2, 0.25) is 0 Å². The molecule has 0 radical (unpaired) electrons. The molecule has 1 spiro atoms. The number of carbonyl (C=O) groups is 2. The molecule has 3 heterocycles. The summed E-state index contributed by atoms with van der Waals surface area (Å²) in [6, 6.07) is 10.4. The molecule has 7 nitrogen and oxygen atoms in total. The van der Waals surface area contributed by atoms with E-state index < -0.39 is 5.60 Å². The summed E-state index contributed by atoms with van der Waals surface area (Å²) in [6.07, 6.45) is 4.27. The standard InChI is InChI=1S/C23H34N4O3.2ClH/c1-25(13-9-19-6-3-2-4-7-19)16-17-27-18-23(30-22(27)29)10-14-26(15-11-23)21(28)20-8-5-12-24-20;;/h2-4,6-7,20,24H,5,8-18H2,1H3;2*1H/t20-;;/m0../s1. The highest BCUT2D eigenvalue weighted by Gasteiger charge is 2.47. The van der Waals surface area contributed by atoms with Gasteiger partial charge in [-0.15, -0.1) is 24.8 Å². The van der Waals surface area contributed by atoms with Crippen molar-refractivity contribution in [2.45, 2.75) is 43.7 Å². The summed E-state index contributed by atoms with van der Waals surface area (Å²) in [7, 11) is 2.10. The zero-order valence-electron chi connectivity index (χ0n) is 18.8. The monoisotopic (exact) mass is 486 g/mol. The Morgan fingerprint density at radius 3 is 2.56 bits per heavy atom. The van der Waals surface area contributed by atoms with Gasteiger partial charge in [-0.3, -0.25) is 4.79 Å². The number of piperidine rings is 1. The Labute approximate surface area is 203 Å². The van der Waals surface area contributed by atoms with Crippen LogP contribution in [-0.4, -0.2) is 91.2 Å². The third-order valence-corrected chi connectivity index (χ3v) is 6.76. The second-order valence-electron chi connectivity index (χ2n) is 8.99. The molecule has 1 N–H and O–H groups in total. The molecule has 4 rings (SSSR count). The second-order valence-corrected chi connectivity index (χ2v) is 8.99. The van der Waals surface area contributed by atoms with Crippen molar-refractivity contribution in [3.05, 3.63) is 35.9 Å². The average Bonchev–Trinajstić information content (AvgIpc) is 3.40. The van der Waals surface area contributed by atoms with E-state index in [1.807, 2.05) is 15.9 Å². The van der Waals surface area contributed by atoms with Gasteiger partial charge in [-0.25, -0.2) is 4.79 Å². The number of ether oxygens (including phenoxy) is 1. The molecule has 32 heavy (non-hydrogen) atoms. The van der Waals surface area contributed by atoms with E-state index in [9.17, 15) is 9.59 Å². The number of likely N-dealkylation sites (tertiary alicyclic amines) is 1. The van der Waals surface area contributed by atoms with Gasteiger partial charge in [0.1, 0.15) is 5.60 Å². The van der Waals surface area contributed by atoms with Crippen molar-refractivity contribution in [2.75, 3.05) is 52.9 Å². The van der Waals surface area contributed by atoms with Crippen molar-refractivity contribution in [2.24, 2.45) is 0 Å². The summed E-state index contributed by atoms with van der Waals surface area (Å²) in [5.74, 6) is 0.212. The molecule has 9 heteroatoms. The molecular weight excluding hydrogens is 451 g/mol. The van der Waals surface area contributed by atoms with Gasteiger partial charge in [0.25, 0.3) is 0 Å². The van der Waals surface area contributed by atoms with Crippen molar-refractivity contribution < 1.29 is 14.3 Å². The van der Waals surface area contributed by atoms with Crippen molar-refractivity contribution in [3.63, 3.8) is 0 Å². The number of rotatable bonds is 7. The molecule has 0 bridgehead atoms. The van der Waals surface area contributed by atoms with Crippen LogP contribution in [0.4, 0.5) is 4.79 Å². The molecule has 3 saturated heterocycles. The first-order chi connectivity index (χ1) is 14.5. The van der Waals surface area contributed by atoms with Gasteiger partial charge < -0.3 is 24.8 Å². The van der Waals surface area contributed by atoms with Gasteiger partial charge in [0.2, 0.25) is 5.91 Å². The maximum atomic E-state index is 12.6. The Kier molecular flexibility index (Phi) is 10.1. The Morgan fingerprint density at radius 2 is 1.91 bits per heavy atom. The fraction of sp³-hybridized carbons (Fsp3) is 0.652. The molecule has 0 aliphatic carbocycles. The van der Waals surface area contributed by atoms with E-state index in [4.69, 9.17) is 4.74 Å². The van der Waals surface area contributed by atoms with Crippen LogP contribution in [0.15, 0.2) is 30.3 Å². The molecule has 2 amide bonds. The van der Waals surface area contributed by atoms with Crippen LogP contribution in [0.25, 0.3) is 0 Å². The molecular formula is C23H36Cl2N4O3. The van der Waals surface area contributed by atoms with Crippen LogP contribution in [-0.2, 0) is 16.0 Å². The van der Waals surface area contributed by atoms with Crippen LogP contribution in [0.5, 0.6) is 0 Å². The maximum Gasteiger partial charge on any atom is 0.410 e. The van der Waals surface area contributed by atoms with Crippen LogP contribution >= 0.6 is 24.8 Å². The first kappa shape index (κ1) is 26.7. The summed E-state index contributed by atoms with van der Waals surface area (Å²) in [5.41, 5.74) is 0.914. The number of hydrogen-bond acceptors (Lipinski definition) is 5. The van der Waals surface area contributed by atoms with Crippen molar-refractivity contribution in [1.29, 1.82) is 0 Å². The van der Waals surface area contributed by atoms with Gasteiger partial charge >= 0.3 is 6.09 Å². The van der Waals surface area contributed by atoms with Crippen molar-refractivity contribution >= 4 is 36.8 Å². The zero-order chi connectivity index (χ0) is 21.0. The third-order valence-electron chi connectivity index (χ3n) is 6.76. The van der Waals surface area contributed by atoms with Crippen LogP contribution < -0.4 is 5.32 Å². The SMILES string of the molecule is CN(CCc1ccccc1)CCN1CC2(CCN(C(=O)[C@@H]3CCCN3)CC2)OC1=O.Cl.Cl. The zero-order valence-corrected chi connectivity index (χ0v) is 20.5. The Morgan fingerprint density at radius 1 is 1.19 bits per heavy atom. The summed E-state index contributed by atoms with van der Waals surface area (Å²) in [5, 5.41) is 3.29. The van der Waals surface area contributed by atoms with E-state index in [0.717, 1.165) is 51.7 Å². The normalized spacial score (nSPS) is 21.9. The fourth-order valence-electron chi connectivity index (χ4n) is 4.74. The van der Waals surface area contributed by atoms with Crippen LogP contribution in [0.1, 0.15) is 31.2 Å². The molecule has 180 valence electrons. The first-order valence-corrected chi connectivity index (χ1v) is 11.3. The van der Waals surface area contributed by atoms with E-state index >= 15 is 0 Å². The van der Waals surface area contributed by atoms with Gasteiger partial charge in [-0.05, 0) is 38.4 Å². The number of nitrogens with one attached hydrogen (secondary N) is 1. The van der Waals surface area contributed by atoms with E-state index in [2.05, 4.69) is 41.5 Å². The second kappa shape index (κ2) is 12.1. The summed E-state index contributed by atoms with van der Waals surface area (Å²) in [6.45, 7) is 5.40. The number of likely N-dealkylation sites (N-methyl/N-ethyl adjacent to an activating group) is 1. The minimum atomic E-state index is -0.417. The molecule has 1 atom stereocenters. The fourth-order valence-corrected chi connectivity index (χ4v) is 4.74. The molecule has 3 fully saturated rings. The number of nitrogens with zero attached hydrogens (tertiary/aromatic N) is 3. The van der Waals surface area contributed by atoms with E-state index in [1.54, 1.807) is 0 Å². The van der Waals surface area contributed by atoms with Gasteiger partial charge in [-0.2, -0.15) is 0 Å². The Hall–Kier alpha value is -1.54. The van der Waals surface area contributed by atoms with E-state index in [-0.39, 0.29) is 42.9 Å². The van der Waals surface area contributed by atoms with Crippen LogP contribution in [0, 0.1) is 0 Å². The Bertz CT molecular complexity index is 738. The lowest BCUT2D eigenvalue weighted by Gasteiger charge is -2.38. The number of halogens is 2. The molecule has 0 aromatic heterocycles. The lowest BCUT2D eigenvalue weighted by atomic mass is 9.91.